The summed E-state index contributed by atoms with van der Waals surface area (Å²) >= 11 is 1.83. The van der Waals surface area contributed by atoms with Crippen molar-refractivity contribution in [3.63, 3.8) is 0 Å². The molecule has 19 heavy (non-hydrogen) atoms. The predicted molar refractivity (Wildman–Crippen MR) is 83.8 cm³/mol. The maximum absolute atomic E-state index is 3.58. The Morgan fingerprint density at radius 2 is 2.11 bits per heavy atom. The van der Waals surface area contributed by atoms with Crippen molar-refractivity contribution in [1.29, 1.82) is 0 Å². The Labute approximate surface area is 121 Å². The highest BCUT2D eigenvalue weighted by atomic mass is 32.1. The highest BCUT2D eigenvalue weighted by Crippen LogP contribution is 2.09. The number of nitrogens with zero attached hydrogens (tertiary/aromatic N) is 2. The average Bonchev–Trinajstić information content (AvgIpc) is 2.93. The maximum Gasteiger partial charge on any atom is 0.0300 e. The van der Waals surface area contributed by atoms with Crippen LogP contribution in [0.4, 0.5) is 0 Å². The van der Waals surface area contributed by atoms with Gasteiger partial charge in [0.1, 0.15) is 0 Å². The third-order valence-corrected chi connectivity index (χ3v) is 4.77. The molecule has 3 nitrogen and oxygen atoms in total. The topological polar surface area (TPSA) is 18.5 Å². The first-order valence-corrected chi connectivity index (χ1v) is 8.37. The van der Waals surface area contributed by atoms with E-state index in [0.29, 0.717) is 6.04 Å². The first-order chi connectivity index (χ1) is 9.29. The summed E-state index contributed by atoms with van der Waals surface area (Å²) in [7, 11) is 0. The third-order valence-electron chi connectivity index (χ3n) is 3.89. The van der Waals surface area contributed by atoms with Crippen molar-refractivity contribution in [1.82, 2.24) is 15.1 Å². The summed E-state index contributed by atoms with van der Waals surface area (Å²) in [6.45, 7) is 12.9. The second-order valence-corrected chi connectivity index (χ2v) is 6.47. The first-order valence-electron chi connectivity index (χ1n) is 7.49. The van der Waals surface area contributed by atoms with Gasteiger partial charge in [-0.1, -0.05) is 13.0 Å². The van der Waals surface area contributed by atoms with Gasteiger partial charge in [-0.3, -0.25) is 4.90 Å². The second-order valence-electron chi connectivity index (χ2n) is 5.44. The van der Waals surface area contributed by atoms with Gasteiger partial charge < -0.3 is 10.2 Å². The van der Waals surface area contributed by atoms with Gasteiger partial charge in [0.2, 0.25) is 0 Å². The van der Waals surface area contributed by atoms with Gasteiger partial charge in [0.15, 0.2) is 0 Å². The molecule has 1 aromatic heterocycles. The standard InChI is InChI=1S/C15H27N3S/c1-3-6-17-7-9-18(10-8-17)14(2)12-16-13-15-5-4-11-19-15/h4-5,11,14,16H,3,6-10,12-13H2,1-2H3. The molecule has 0 aliphatic carbocycles. The van der Waals surface area contributed by atoms with E-state index in [-0.39, 0.29) is 0 Å². The van der Waals surface area contributed by atoms with Crippen molar-refractivity contribution in [2.24, 2.45) is 0 Å². The van der Waals surface area contributed by atoms with Crippen LogP contribution in [-0.4, -0.2) is 55.1 Å². The second kappa shape index (κ2) is 8.00. The van der Waals surface area contributed by atoms with E-state index in [1.807, 2.05) is 11.3 Å². The molecule has 1 atom stereocenters. The lowest BCUT2D eigenvalue weighted by Gasteiger charge is -2.38. The number of nitrogens with one attached hydrogen (secondary N) is 1. The molecule has 0 radical (unpaired) electrons. The Morgan fingerprint density at radius 1 is 1.32 bits per heavy atom. The number of rotatable bonds is 7. The van der Waals surface area contributed by atoms with Crippen molar-refractivity contribution < 1.29 is 0 Å². The molecular weight excluding hydrogens is 254 g/mol. The lowest BCUT2D eigenvalue weighted by molar-refractivity contribution is 0.102. The molecule has 1 aliphatic rings. The van der Waals surface area contributed by atoms with Crippen LogP contribution in [0.3, 0.4) is 0 Å². The lowest BCUT2D eigenvalue weighted by Crippen LogP contribution is -2.51. The summed E-state index contributed by atoms with van der Waals surface area (Å²) < 4.78 is 0. The molecule has 0 spiro atoms. The number of hydrogen-bond acceptors (Lipinski definition) is 4. The molecule has 1 unspecified atom stereocenters. The molecule has 108 valence electrons. The third kappa shape index (κ3) is 4.88. The van der Waals surface area contributed by atoms with Crippen molar-refractivity contribution in [2.45, 2.75) is 32.9 Å². The molecule has 1 aliphatic heterocycles. The van der Waals surface area contributed by atoms with Crippen molar-refractivity contribution in [2.75, 3.05) is 39.3 Å². The Hall–Kier alpha value is -0.420. The van der Waals surface area contributed by atoms with Gasteiger partial charge in [0.05, 0.1) is 0 Å². The molecule has 0 saturated carbocycles. The highest BCUT2D eigenvalue weighted by molar-refractivity contribution is 7.09. The zero-order valence-corrected chi connectivity index (χ0v) is 13.1. The van der Waals surface area contributed by atoms with Crippen LogP contribution in [0.1, 0.15) is 25.1 Å². The van der Waals surface area contributed by atoms with E-state index in [2.05, 4.69) is 46.5 Å². The summed E-state index contributed by atoms with van der Waals surface area (Å²) in [5.41, 5.74) is 0. The molecule has 1 saturated heterocycles. The normalized spacial score (nSPS) is 19.7. The van der Waals surface area contributed by atoms with Crippen molar-refractivity contribution in [3.05, 3.63) is 22.4 Å². The summed E-state index contributed by atoms with van der Waals surface area (Å²) in [6, 6.07) is 4.97. The Kier molecular flexibility index (Phi) is 6.31. The zero-order valence-electron chi connectivity index (χ0n) is 12.3. The van der Waals surface area contributed by atoms with Gasteiger partial charge in [-0.25, -0.2) is 0 Å². The van der Waals surface area contributed by atoms with Gasteiger partial charge in [0, 0.05) is 50.2 Å². The van der Waals surface area contributed by atoms with E-state index in [9.17, 15) is 0 Å². The van der Waals surface area contributed by atoms with Gasteiger partial charge in [-0.2, -0.15) is 0 Å². The van der Waals surface area contributed by atoms with Gasteiger partial charge in [-0.05, 0) is 31.3 Å². The van der Waals surface area contributed by atoms with E-state index in [1.54, 1.807) is 0 Å². The number of hydrogen-bond donors (Lipinski definition) is 1. The minimum atomic E-state index is 0.642. The van der Waals surface area contributed by atoms with Crippen LogP contribution >= 0.6 is 11.3 Å². The fourth-order valence-electron chi connectivity index (χ4n) is 2.69. The van der Waals surface area contributed by atoms with Gasteiger partial charge >= 0.3 is 0 Å². The van der Waals surface area contributed by atoms with E-state index >= 15 is 0 Å². The van der Waals surface area contributed by atoms with Crippen LogP contribution < -0.4 is 5.32 Å². The van der Waals surface area contributed by atoms with Crippen LogP contribution in [0.5, 0.6) is 0 Å². The molecule has 1 N–H and O–H groups in total. The Balaban J connectivity index is 1.62. The van der Waals surface area contributed by atoms with Gasteiger partial charge in [0.25, 0.3) is 0 Å². The van der Waals surface area contributed by atoms with Crippen LogP contribution in [0.2, 0.25) is 0 Å². The fourth-order valence-corrected chi connectivity index (χ4v) is 3.36. The van der Waals surface area contributed by atoms with Crippen molar-refractivity contribution >= 4 is 11.3 Å². The summed E-state index contributed by atoms with van der Waals surface area (Å²) in [5, 5.41) is 5.72. The molecule has 1 aromatic rings. The van der Waals surface area contributed by atoms with Crippen LogP contribution in [0, 0.1) is 0 Å². The smallest absolute Gasteiger partial charge is 0.0300 e. The van der Waals surface area contributed by atoms with Gasteiger partial charge in [-0.15, -0.1) is 11.3 Å². The van der Waals surface area contributed by atoms with Crippen LogP contribution in [0.15, 0.2) is 17.5 Å². The summed E-state index contributed by atoms with van der Waals surface area (Å²) in [5.74, 6) is 0. The molecule has 2 heterocycles. The zero-order chi connectivity index (χ0) is 13.5. The largest absolute Gasteiger partial charge is 0.310 e. The minimum absolute atomic E-state index is 0.642. The Morgan fingerprint density at radius 3 is 2.74 bits per heavy atom. The minimum Gasteiger partial charge on any atom is -0.310 e. The summed E-state index contributed by atoms with van der Waals surface area (Å²) in [6.07, 6.45) is 1.28. The van der Waals surface area contributed by atoms with Crippen molar-refractivity contribution in [3.8, 4) is 0 Å². The van der Waals surface area contributed by atoms with Crippen LogP contribution in [-0.2, 0) is 6.54 Å². The highest BCUT2D eigenvalue weighted by Gasteiger charge is 2.19. The number of piperazine rings is 1. The molecule has 2 rings (SSSR count). The quantitative estimate of drug-likeness (QED) is 0.827. The first kappa shape index (κ1) is 15.0. The van der Waals surface area contributed by atoms with E-state index in [1.165, 1.54) is 44.0 Å². The fraction of sp³-hybridized carbons (Fsp3) is 0.733. The van der Waals surface area contributed by atoms with E-state index in [4.69, 9.17) is 0 Å². The summed E-state index contributed by atoms with van der Waals surface area (Å²) in [4.78, 5) is 6.63. The predicted octanol–water partition coefficient (Wildman–Crippen LogP) is 2.25. The molecule has 0 bridgehead atoms. The Bertz CT molecular complexity index is 331. The van der Waals surface area contributed by atoms with E-state index < -0.39 is 0 Å². The van der Waals surface area contributed by atoms with Crippen LogP contribution in [0.25, 0.3) is 0 Å². The molecule has 4 heteroatoms. The number of thiophene rings is 1. The monoisotopic (exact) mass is 281 g/mol. The maximum atomic E-state index is 3.58. The molecule has 1 fully saturated rings. The molecular formula is C15H27N3S. The SMILES string of the molecule is CCCN1CCN(C(C)CNCc2cccs2)CC1. The molecule has 0 aromatic carbocycles. The lowest BCUT2D eigenvalue weighted by atomic mass is 10.2. The van der Waals surface area contributed by atoms with E-state index in [0.717, 1.165) is 13.1 Å². The molecule has 0 amide bonds. The average molecular weight is 281 g/mol.